The minimum atomic E-state index is -4.43. The zero-order valence-corrected chi connectivity index (χ0v) is 16.2. The molecule has 0 aliphatic rings. The SMILES string of the molecule is CN(CC(=O)Nc1ccccc1NCC(F)(F)F)S(=O)(=O)c1ccc(Cl)cc1. The number of amides is 1. The fourth-order valence-electron chi connectivity index (χ4n) is 2.21. The van der Waals surface area contributed by atoms with Gasteiger partial charge in [0.15, 0.2) is 0 Å². The normalized spacial score (nSPS) is 12.1. The van der Waals surface area contributed by atoms with E-state index >= 15 is 0 Å². The first-order valence-electron chi connectivity index (χ1n) is 7.90. The molecular formula is C17H17ClF3N3O3S. The molecule has 11 heteroatoms. The zero-order chi connectivity index (χ0) is 20.9. The largest absolute Gasteiger partial charge is 0.405 e. The molecule has 0 heterocycles. The molecule has 0 aliphatic heterocycles. The number of likely N-dealkylation sites (N-methyl/N-ethyl adjacent to an activating group) is 1. The van der Waals surface area contributed by atoms with Gasteiger partial charge in [-0.2, -0.15) is 17.5 Å². The molecule has 28 heavy (non-hydrogen) atoms. The number of rotatable bonds is 7. The van der Waals surface area contributed by atoms with E-state index in [2.05, 4.69) is 10.6 Å². The van der Waals surface area contributed by atoms with Gasteiger partial charge in [-0.05, 0) is 36.4 Å². The van der Waals surface area contributed by atoms with Gasteiger partial charge >= 0.3 is 6.18 Å². The number of nitrogens with zero attached hydrogens (tertiary/aromatic N) is 1. The Labute approximate surface area is 165 Å². The summed E-state index contributed by atoms with van der Waals surface area (Å²) in [6.45, 7) is -1.80. The van der Waals surface area contributed by atoms with Crippen LogP contribution in [0.1, 0.15) is 0 Å². The molecule has 0 atom stereocenters. The van der Waals surface area contributed by atoms with Gasteiger partial charge in [0, 0.05) is 12.1 Å². The van der Waals surface area contributed by atoms with Crippen molar-refractivity contribution >= 4 is 38.9 Å². The minimum absolute atomic E-state index is 0.0422. The Morgan fingerprint density at radius 1 is 1.07 bits per heavy atom. The van der Waals surface area contributed by atoms with Crippen LogP contribution in [0.25, 0.3) is 0 Å². The highest BCUT2D eigenvalue weighted by Gasteiger charge is 2.27. The monoisotopic (exact) mass is 435 g/mol. The summed E-state index contributed by atoms with van der Waals surface area (Å²) >= 11 is 5.74. The number of halogens is 4. The quantitative estimate of drug-likeness (QED) is 0.697. The number of hydrogen-bond donors (Lipinski definition) is 2. The highest BCUT2D eigenvalue weighted by atomic mass is 35.5. The van der Waals surface area contributed by atoms with Crippen LogP contribution >= 0.6 is 11.6 Å². The third kappa shape index (κ3) is 6.11. The lowest BCUT2D eigenvalue weighted by atomic mass is 10.2. The molecule has 0 fully saturated rings. The average Bonchev–Trinajstić information content (AvgIpc) is 2.60. The highest BCUT2D eigenvalue weighted by Crippen LogP contribution is 2.24. The van der Waals surface area contributed by atoms with Crippen LogP contribution in [0.15, 0.2) is 53.4 Å². The van der Waals surface area contributed by atoms with Crippen molar-refractivity contribution < 1.29 is 26.4 Å². The van der Waals surface area contributed by atoms with Gasteiger partial charge in [0.25, 0.3) is 0 Å². The van der Waals surface area contributed by atoms with Gasteiger partial charge in [-0.1, -0.05) is 23.7 Å². The lowest BCUT2D eigenvalue weighted by Gasteiger charge is -2.18. The second kappa shape index (κ2) is 8.80. The predicted octanol–water partition coefficient (Wildman–Crippen LogP) is 3.57. The van der Waals surface area contributed by atoms with E-state index in [4.69, 9.17) is 11.6 Å². The topological polar surface area (TPSA) is 78.5 Å². The molecule has 1 amide bonds. The smallest absolute Gasteiger partial charge is 0.375 e. The van der Waals surface area contributed by atoms with Crippen molar-refractivity contribution in [2.75, 3.05) is 30.8 Å². The number of carbonyl (C=O) groups is 1. The van der Waals surface area contributed by atoms with E-state index < -0.39 is 35.2 Å². The van der Waals surface area contributed by atoms with Crippen molar-refractivity contribution in [2.45, 2.75) is 11.1 Å². The summed E-state index contributed by atoms with van der Waals surface area (Å²) in [6, 6.07) is 11.2. The van der Waals surface area contributed by atoms with Gasteiger partial charge in [0.05, 0.1) is 22.8 Å². The van der Waals surface area contributed by atoms with Crippen molar-refractivity contribution in [3.63, 3.8) is 0 Å². The average molecular weight is 436 g/mol. The summed E-state index contributed by atoms with van der Waals surface area (Å²) in [5.74, 6) is -0.707. The zero-order valence-electron chi connectivity index (χ0n) is 14.6. The summed E-state index contributed by atoms with van der Waals surface area (Å²) in [7, 11) is -2.71. The molecule has 0 saturated carbocycles. The van der Waals surface area contributed by atoms with Gasteiger partial charge in [-0.15, -0.1) is 0 Å². The van der Waals surface area contributed by atoms with Crippen LogP contribution in [0.5, 0.6) is 0 Å². The number of carbonyl (C=O) groups excluding carboxylic acids is 1. The Morgan fingerprint density at radius 3 is 2.21 bits per heavy atom. The summed E-state index contributed by atoms with van der Waals surface area (Å²) < 4.78 is 63.0. The van der Waals surface area contributed by atoms with Crippen LogP contribution in [0.4, 0.5) is 24.5 Å². The molecule has 2 rings (SSSR count). The van der Waals surface area contributed by atoms with Gasteiger partial charge in [0.1, 0.15) is 6.54 Å². The van der Waals surface area contributed by atoms with Crippen LogP contribution < -0.4 is 10.6 Å². The highest BCUT2D eigenvalue weighted by molar-refractivity contribution is 7.89. The number of nitrogens with one attached hydrogen (secondary N) is 2. The Morgan fingerprint density at radius 2 is 1.64 bits per heavy atom. The molecule has 0 saturated heterocycles. The molecule has 152 valence electrons. The van der Waals surface area contributed by atoms with Gasteiger partial charge < -0.3 is 10.6 Å². The van der Waals surface area contributed by atoms with Crippen molar-refractivity contribution in [3.05, 3.63) is 53.6 Å². The molecule has 0 bridgehead atoms. The van der Waals surface area contributed by atoms with E-state index in [1.54, 1.807) is 0 Å². The Kier molecular flexibility index (Phi) is 6.91. The van der Waals surface area contributed by atoms with Crippen LogP contribution in [0, 0.1) is 0 Å². The summed E-state index contributed by atoms with van der Waals surface area (Å²) in [5, 5.41) is 4.97. The van der Waals surface area contributed by atoms with Crippen LogP contribution in [-0.2, 0) is 14.8 Å². The summed E-state index contributed by atoms with van der Waals surface area (Å²) in [4.78, 5) is 12.2. The predicted molar refractivity (Wildman–Crippen MR) is 101 cm³/mol. The van der Waals surface area contributed by atoms with E-state index in [1.807, 2.05) is 0 Å². The molecule has 2 N–H and O–H groups in total. The molecule has 0 spiro atoms. The molecule has 0 aromatic heterocycles. The summed E-state index contributed by atoms with van der Waals surface area (Å²) in [6.07, 6.45) is -4.43. The van der Waals surface area contributed by atoms with Crippen LogP contribution in [0.2, 0.25) is 5.02 Å². The lowest BCUT2D eigenvalue weighted by molar-refractivity contribution is -0.116. The van der Waals surface area contributed by atoms with Crippen molar-refractivity contribution in [1.82, 2.24) is 4.31 Å². The number of para-hydroxylation sites is 2. The number of hydrogen-bond acceptors (Lipinski definition) is 4. The van der Waals surface area contributed by atoms with E-state index in [0.717, 1.165) is 4.31 Å². The Bertz CT molecular complexity index is 935. The molecule has 2 aromatic carbocycles. The Balaban J connectivity index is 2.07. The van der Waals surface area contributed by atoms with Gasteiger partial charge in [-0.3, -0.25) is 4.79 Å². The number of benzene rings is 2. The second-order valence-corrected chi connectivity index (χ2v) is 8.26. The molecule has 0 radical (unpaired) electrons. The van der Waals surface area contributed by atoms with Gasteiger partial charge in [0.2, 0.25) is 15.9 Å². The third-order valence-corrected chi connectivity index (χ3v) is 5.64. The van der Waals surface area contributed by atoms with E-state index in [0.29, 0.717) is 5.02 Å². The molecule has 0 unspecified atom stereocenters. The maximum absolute atomic E-state index is 12.5. The fourth-order valence-corrected chi connectivity index (χ4v) is 3.46. The van der Waals surface area contributed by atoms with Crippen molar-refractivity contribution in [1.29, 1.82) is 0 Å². The maximum Gasteiger partial charge on any atom is 0.405 e. The lowest BCUT2D eigenvalue weighted by Crippen LogP contribution is -2.35. The molecule has 6 nitrogen and oxygen atoms in total. The van der Waals surface area contributed by atoms with Crippen molar-refractivity contribution in [2.24, 2.45) is 0 Å². The van der Waals surface area contributed by atoms with E-state index in [1.165, 1.54) is 55.6 Å². The van der Waals surface area contributed by atoms with Crippen LogP contribution in [0.3, 0.4) is 0 Å². The molecule has 2 aromatic rings. The number of sulfonamides is 1. The standard InChI is InChI=1S/C17H17ClF3N3O3S/c1-24(28(26,27)13-8-6-12(18)7-9-13)10-16(25)23-15-5-3-2-4-14(15)22-11-17(19,20)21/h2-9,22H,10-11H2,1H3,(H,23,25). The number of alkyl halides is 3. The first-order valence-corrected chi connectivity index (χ1v) is 9.72. The first kappa shape index (κ1) is 22.0. The molecule has 0 aliphatic carbocycles. The fraction of sp³-hybridized carbons (Fsp3) is 0.235. The minimum Gasteiger partial charge on any atom is -0.375 e. The Hall–Kier alpha value is -2.30. The third-order valence-electron chi connectivity index (χ3n) is 3.57. The van der Waals surface area contributed by atoms with Gasteiger partial charge in [-0.25, -0.2) is 8.42 Å². The van der Waals surface area contributed by atoms with Crippen molar-refractivity contribution in [3.8, 4) is 0 Å². The van der Waals surface area contributed by atoms with Crippen LogP contribution in [-0.4, -0.2) is 44.9 Å². The second-order valence-electron chi connectivity index (χ2n) is 5.78. The summed E-state index contributed by atoms with van der Waals surface area (Å²) in [5.41, 5.74) is 0.172. The maximum atomic E-state index is 12.5. The van der Waals surface area contributed by atoms with E-state index in [-0.39, 0.29) is 16.3 Å². The molecular weight excluding hydrogens is 419 g/mol. The number of anilines is 2. The first-order chi connectivity index (χ1) is 13.0. The van der Waals surface area contributed by atoms with E-state index in [9.17, 15) is 26.4 Å².